The first kappa shape index (κ1) is 19.9. The van der Waals surface area contributed by atoms with E-state index in [9.17, 15) is 18.4 Å². The van der Waals surface area contributed by atoms with Crippen molar-refractivity contribution in [3.63, 3.8) is 0 Å². The summed E-state index contributed by atoms with van der Waals surface area (Å²) in [5.74, 6) is -2.64. The van der Waals surface area contributed by atoms with E-state index in [4.69, 9.17) is 0 Å². The number of nitrogens with one attached hydrogen (secondary N) is 2. The fourth-order valence-electron chi connectivity index (χ4n) is 3.20. The number of likely N-dealkylation sites (tertiary alicyclic amines) is 1. The number of rotatable bonds is 4. The minimum Gasteiger partial charge on any atom is -0.320 e. The third kappa shape index (κ3) is 4.28. The zero-order chi connectivity index (χ0) is 21.1. The highest BCUT2D eigenvalue weighted by Crippen LogP contribution is 2.34. The second kappa shape index (κ2) is 8.54. The maximum absolute atomic E-state index is 13.3. The van der Waals surface area contributed by atoms with Crippen molar-refractivity contribution in [1.82, 2.24) is 15.1 Å². The van der Waals surface area contributed by atoms with Crippen LogP contribution in [0.2, 0.25) is 0 Å². The molecule has 1 aromatic heterocycles. The van der Waals surface area contributed by atoms with Gasteiger partial charge in [0.25, 0.3) is 5.91 Å². The van der Waals surface area contributed by atoms with Gasteiger partial charge in [0.05, 0.1) is 6.04 Å². The van der Waals surface area contributed by atoms with E-state index in [0.717, 1.165) is 29.9 Å². The van der Waals surface area contributed by atoms with Gasteiger partial charge in [0.2, 0.25) is 5.01 Å². The zero-order valence-corrected chi connectivity index (χ0v) is 16.5. The van der Waals surface area contributed by atoms with Crippen molar-refractivity contribution in [2.24, 2.45) is 0 Å². The van der Waals surface area contributed by atoms with E-state index in [-0.39, 0.29) is 22.8 Å². The van der Waals surface area contributed by atoms with Gasteiger partial charge in [0, 0.05) is 24.0 Å². The van der Waals surface area contributed by atoms with Crippen LogP contribution in [0.25, 0.3) is 0 Å². The summed E-state index contributed by atoms with van der Waals surface area (Å²) >= 11 is 1.07. The molecule has 30 heavy (non-hydrogen) atoms. The Morgan fingerprint density at radius 3 is 2.57 bits per heavy atom. The Balaban J connectivity index is 1.45. The van der Waals surface area contributed by atoms with Crippen LogP contribution in [-0.4, -0.2) is 33.6 Å². The molecule has 1 fully saturated rings. The predicted octanol–water partition coefficient (Wildman–Crippen LogP) is 4.44. The Kier molecular flexibility index (Phi) is 5.66. The second-order valence-corrected chi connectivity index (χ2v) is 7.69. The number of urea groups is 1. The number of carbonyl (C=O) groups excluding carboxylic acids is 2. The lowest BCUT2D eigenvalue weighted by atomic mass is 10.2. The first-order valence-corrected chi connectivity index (χ1v) is 10.1. The molecule has 7 nitrogen and oxygen atoms in total. The molecule has 0 bridgehead atoms. The Bertz CT molecular complexity index is 1080. The second-order valence-electron chi connectivity index (χ2n) is 6.68. The quantitative estimate of drug-likeness (QED) is 0.642. The molecule has 1 aliphatic rings. The van der Waals surface area contributed by atoms with Gasteiger partial charge in [-0.15, -0.1) is 10.2 Å². The van der Waals surface area contributed by atoms with Crippen molar-refractivity contribution in [2.45, 2.75) is 18.9 Å². The van der Waals surface area contributed by atoms with Crippen LogP contribution in [-0.2, 0) is 0 Å². The average molecular weight is 429 g/mol. The Morgan fingerprint density at radius 2 is 1.80 bits per heavy atom. The van der Waals surface area contributed by atoms with Gasteiger partial charge in [-0.3, -0.25) is 4.79 Å². The van der Waals surface area contributed by atoms with Gasteiger partial charge in [-0.25, -0.2) is 13.6 Å². The smallest absolute Gasteiger partial charge is 0.320 e. The van der Waals surface area contributed by atoms with Crippen molar-refractivity contribution < 1.29 is 18.4 Å². The number of carbonyl (C=O) groups is 2. The van der Waals surface area contributed by atoms with Crippen LogP contribution in [0.5, 0.6) is 0 Å². The van der Waals surface area contributed by atoms with Crippen molar-refractivity contribution in [2.75, 3.05) is 17.2 Å². The standard InChI is InChI=1S/C20H17F2N5O2S/c21-14-9-8-13(11-15(14)22)23-17(28)19-26-25-18(30-19)16-7-4-10-27(16)20(29)24-12-5-2-1-3-6-12/h1-3,5-6,8-9,11,16H,4,7,10H2,(H,23,28)(H,24,29). The molecular weight excluding hydrogens is 412 g/mol. The number of anilines is 2. The van der Waals surface area contributed by atoms with E-state index in [2.05, 4.69) is 20.8 Å². The molecule has 2 heterocycles. The summed E-state index contributed by atoms with van der Waals surface area (Å²) in [7, 11) is 0. The summed E-state index contributed by atoms with van der Waals surface area (Å²) in [6.45, 7) is 0.569. The zero-order valence-electron chi connectivity index (χ0n) is 15.6. The van der Waals surface area contributed by atoms with E-state index in [1.54, 1.807) is 17.0 Å². The van der Waals surface area contributed by atoms with Gasteiger partial charge in [-0.05, 0) is 37.1 Å². The lowest BCUT2D eigenvalue weighted by Gasteiger charge is -2.23. The maximum atomic E-state index is 13.3. The molecule has 1 saturated heterocycles. The van der Waals surface area contributed by atoms with Crippen LogP contribution in [0.4, 0.5) is 25.0 Å². The van der Waals surface area contributed by atoms with E-state index in [0.29, 0.717) is 23.7 Å². The molecule has 1 unspecified atom stereocenters. The number of aromatic nitrogens is 2. The minimum absolute atomic E-state index is 0.0741. The summed E-state index contributed by atoms with van der Waals surface area (Å²) in [5, 5.41) is 13.9. The molecule has 1 atom stereocenters. The van der Waals surface area contributed by atoms with Gasteiger partial charge < -0.3 is 15.5 Å². The Labute approximate surface area is 174 Å². The fourth-order valence-corrected chi connectivity index (χ4v) is 4.09. The highest BCUT2D eigenvalue weighted by molar-refractivity contribution is 7.13. The summed E-state index contributed by atoms with van der Waals surface area (Å²) in [6.07, 6.45) is 1.52. The number of hydrogen-bond donors (Lipinski definition) is 2. The monoisotopic (exact) mass is 429 g/mol. The molecule has 0 radical (unpaired) electrons. The average Bonchev–Trinajstić information content (AvgIpc) is 3.41. The number of nitrogens with zero attached hydrogens (tertiary/aromatic N) is 3. The van der Waals surface area contributed by atoms with Crippen LogP contribution in [0.1, 0.15) is 33.7 Å². The molecular formula is C20H17F2N5O2S. The number of benzene rings is 2. The van der Waals surface area contributed by atoms with Crippen molar-refractivity contribution in [3.8, 4) is 0 Å². The first-order chi connectivity index (χ1) is 14.5. The van der Waals surface area contributed by atoms with Gasteiger partial charge in [-0.1, -0.05) is 29.5 Å². The summed E-state index contributed by atoms with van der Waals surface area (Å²) in [4.78, 5) is 26.7. The fraction of sp³-hybridized carbons (Fsp3) is 0.200. The predicted molar refractivity (Wildman–Crippen MR) is 108 cm³/mol. The van der Waals surface area contributed by atoms with E-state index < -0.39 is 17.5 Å². The van der Waals surface area contributed by atoms with Gasteiger partial charge >= 0.3 is 6.03 Å². The molecule has 10 heteroatoms. The Morgan fingerprint density at radius 1 is 1.00 bits per heavy atom. The van der Waals surface area contributed by atoms with Crippen LogP contribution < -0.4 is 10.6 Å². The van der Waals surface area contributed by atoms with Crippen LogP contribution in [0.15, 0.2) is 48.5 Å². The highest BCUT2D eigenvalue weighted by atomic mass is 32.1. The lowest BCUT2D eigenvalue weighted by Crippen LogP contribution is -2.34. The molecule has 3 amide bonds. The number of amides is 3. The number of halogens is 2. The number of para-hydroxylation sites is 1. The third-order valence-electron chi connectivity index (χ3n) is 4.64. The molecule has 0 spiro atoms. The Hall–Kier alpha value is -3.40. The van der Waals surface area contributed by atoms with Gasteiger partial charge in [0.15, 0.2) is 11.6 Å². The van der Waals surface area contributed by atoms with Crippen molar-refractivity contribution in [1.29, 1.82) is 0 Å². The highest BCUT2D eigenvalue weighted by Gasteiger charge is 2.33. The summed E-state index contributed by atoms with van der Waals surface area (Å²) in [6, 6.07) is 11.7. The van der Waals surface area contributed by atoms with E-state index in [1.807, 2.05) is 18.2 Å². The van der Waals surface area contributed by atoms with Crippen LogP contribution in [0.3, 0.4) is 0 Å². The molecule has 2 N–H and O–H groups in total. The van der Waals surface area contributed by atoms with E-state index in [1.165, 1.54) is 6.07 Å². The lowest BCUT2D eigenvalue weighted by molar-refractivity contribution is 0.102. The van der Waals surface area contributed by atoms with Crippen molar-refractivity contribution in [3.05, 3.63) is 70.2 Å². The molecule has 3 aromatic rings. The summed E-state index contributed by atoms with van der Waals surface area (Å²) < 4.78 is 26.3. The SMILES string of the molecule is O=C(Nc1ccc(F)c(F)c1)c1nnc(C2CCCN2C(=O)Nc2ccccc2)s1. The molecule has 4 rings (SSSR count). The van der Waals surface area contributed by atoms with Crippen LogP contribution >= 0.6 is 11.3 Å². The molecule has 154 valence electrons. The van der Waals surface area contributed by atoms with Gasteiger partial charge in [0.1, 0.15) is 5.01 Å². The third-order valence-corrected chi connectivity index (χ3v) is 5.66. The molecule has 1 aliphatic heterocycles. The van der Waals surface area contributed by atoms with E-state index >= 15 is 0 Å². The van der Waals surface area contributed by atoms with Crippen molar-refractivity contribution >= 4 is 34.6 Å². The first-order valence-electron chi connectivity index (χ1n) is 9.24. The van der Waals surface area contributed by atoms with Crippen LogP contribution in [0, 0.1) is 11.6 Å². The molecule has 0 saturated carbocycles. The van der Waals surface area contributed by atoms with Gasteiger partial charge in [-0.2, -0.15) is 0 Å². The summed E-state index contributed by atoms with van der Waals surface area (Å²) in [5.41, 5.74) is 0.803. The minimum atomic E-state index is -1.06. The topological polar surface area (TPSA) is 87.2 Å². The molecule has 2 aromatic carbocycles. The number of hydrogen-bond acceptors (Lipinski definition) is 5. The largest absolute Gasteiger partial charge is 0.322 e. The molecule has 0 aliphatic carbocycles. The maximum Gasteiger partial charge on any atom is 0.322 e. The normalized spacial score (nSPS) is 15.8.